The molecule has 3 nitrogen and oxygen atoms in total. The smallest absolute Gasteiger partial charge is 0.0917 e. The van der Waals surface area contributed by atoms with Gasteiger partial charge in [0.15, 0.2) is 0 Å². The number of ether oxygens (including phenoxy) is 1. The van der Waals surface area contributed by atoms with E-state index in [1.807, 2.05) is 12.1 Å². The summed E-state index contributed by atoms with van der Waals surface area (Å²) in [5.74, 6) is 0. The van der Waals surface area contributed by atoms with E-state index in [9.17, 15) is 5.11 Å². The van der Waals surface area contributed by atoms with Crippen LogP contribution in [-0.4, -0.2) is 42.4 Å². The van der Waals surface area contributed by atoms with Crippen LogP contribution in [0.2, 0.25) is 0 Å². The SMILES string of the molecule is CCC1CN(CC(O)c2cccc(C)c2)CCO1. The van der Waals surface area contributed by atoms with E-state index >= 15 is 0 Å². The molecule has 0 saturated carbocycles. The standard InChI is InChI=1S/C15H23NO2/c1-3-14-10-16(7-8-18-14)11-15(17)13-6-4-5-12(2)9-13/h4-6,9,14-15,17H,3,7-8,10-11H2,1-2H3. The highest BCUT2D eigenvalue weighted by atomic mass is 16.5. The van der Waals surface area contributed by atoms with Gasteiger partial charge in [-0.05, 0) is 18.9 Å². The zero-order valence-electron chi connectivity index (χ0n) is 11.3. The number of nitrogens with zero attached hydrogens (tertiary/aromatic N) is 1. The van der Waals surface area contributed by atoms with Gasteiger partial charge in [-0.3, -0.25) is 4.90 Å². The van der Waals surface area contributed by atoms with Crippen molar-refractivity contribution in [1.29, 1.82) is 0 Å². The second kappa shape index (κ2) is 6.32. The van der Waals surface area contributed by atoms with Crippen molar-refractivity contribution in [2.75, 3.05) is 26.2 Å². The molecule has 0 aromatic heterocycles. The normalized spacial score (nSPS) is 22.9. The largest absolute Gasteiger partial charge is 0.387 e. The lowest BCUT2D eigenvalue weighted by Gasteiger charge is -2.33. The van der Waals surface area contributed by atoms with Gasteiger partial charge in [-0.2, -0.15) is 0 Å². The van der Waals surface area contributed by atoms with Gasteiger partial charge in [-0.25, -0.2) is 0 Å². The summed E-state index contributed by atoms with van der Waals surface area (Å²) in [6.45, 7) is 7.52. The van der Waals surface area contributed by atoms with Crippen LogP contribution in [0.1, 0.15) is 30.6 Å². The predicted octanol–water partition coefficient (Wildman–Crippen LogP) is 2.14. The second-order valence-electron chi connectivity index (χ2n) is 5.09. The summed E-state index contributed by atoms with van der Waals surface area (Å²) in [6, 6.07) is 8.11. The first kappa shape index (κ1) is 13.5. The van der Waals surface area contributed by atoms with E-state index in [0.717, 1.165) is 31.7 Å². The molecule has 1 aliphatic rings. The van der Waals surface area contributed by atoms with Crippen molar-refractivity contribution < 1.29 is 9.84 Å². The number of aliphatic hydroxyl groups excluding tert-OH is 1. The van der Waals surface area contributed by atoms with Crippen LogP contribution in [-0.2, 0) is 4.74 Å². The molecule has 1 aliphatic heterocycles. The van der Waals surface area contributed by atoms with E-state index in [2.05, 4.69) is 30.9 Å². The number of benzene rings is 1. The average Bonchev–Trinajstić information content (AvgIpc) is 2.39. The molecule has 3 heteroatoms. The summed E-state index contributed by atoms with van der Waals surface area (Å²) in [5.41, 5.74) is 2.20. The molecular weight excluding hydrogens is 226 g/mol. The van der Waals surface area contributed by atoms with Crippen LogP contribution in [0.4, 0.5) is 0 Å². The molecule has 0 amide bonds. The summed E-state index contributed by atoms with van der Waals surface area (Å²) in [6.07, 6.45) is 0.959. The summed E-state index contributed by atoms with van der Waals surface area (Å²) < 4.78 is 5.64. The third kappa shape index (κ3) is 3.55. The Morgan fingerprint density at radius 2 is 2.33 bits per heavy atom. The molecule has 1 aromatic rings. The van der Waals surface area contributed by atoms with Gasteiger partial charge in [0.25, 0.3) is 0 Å². The molecule has 1 heterocycles. The highest BCUT2D eigenvalue weighted by molar-refractivity contribution is 5.24. The molecule has 2 unspecified atom stereocenters. The van der Waals surface area contributed by atoms with Crippen LogP contribution in [0.25, 0.3) is 0 Å². The van der Waals surface area contributed by atoms with Crippen molar-refractivity contribution >= 4 is 0 Å². The number of hydrogen-bond donors (Lipinski definition) is 1. The molecular formula is C15H23NO2. The topological polar surface area (TPSA) is 32.7 Å². The number of morpholine rings is 1. The van der Waals surface area contributed by atoms with E-state index in [0.29, 0.717) is 12.6 Å². The second-order valence-corrected chi connectivity index (χ2v) is 5.09. The van der Waals surface area contributed by atoms with E-state index in [4.69, 9.17) is 4.74 Å². The quantitative estimate of drug-likeness (QED) is 0.887. The number of aliphatic hydroxyl groups is 1. The minimum Gasteiger partial charge on any atom is -0.387 e. The Bertz CT molecular complexity index is 381. The number of aryl methyl sites for hydroxylation is 1. The lowest BCUT2D eigenvalue weighted by Crippen LogP contribution is -2.43. The van der Waals surface area contributed by atoms with Gasteiger partial charge in [0.1, 0.15) is 0 Å². The zero-order chi connectivity index (χ0) is 13.0. The van der Waals surface area contributed by atoms with Crippen molar-refractivity contribution in [1.82, 2.24) is 4.90 Å². The Balaban J connectivity index is 1.92. The Kier molecular flexibility index (Phi) is 4.75. The minimum atomic E-state index is -0.402. The molecule has 1 aromatic carbocycles. The van der Waals surface area contributed by atoms with Gasteiger partial charge in [0, 0.05) is 19.6 Å². The first-order valence-electron chi connectivity index (χ1n) is 6.77. The average molecular weight is 249 g/mol. The van der Waals surface area contributed by atoms with Crippen LogP contribution >= 0.6 is 0 Å². The first-order valence-corrected chi connectivity index (χ1v) is 6.77. The van der Waals surface area contributed by atoms with Crippen molar-refractivity contribution in [2.24, 2.45) is 0 Å². The molecule has 1 fully saturated rings. The van der Waals surface area contributed by atoms with Gasteiger partial charge in [0.05, 0.1) is 18.8 Å². The number of hydrogen-bond acceptors (Lipinski definition) is 3. The zero-order valence-corrected chi connectivity index (χ0v) is 11.3. The first-order chi connectivity index (χ1) is 8.69. The van der Waals surface area contributed by atoms with Gasteiger partial charge < -0.3 is 9.84 Å². The molecule has 0 spiro atoms. The summed E-state index contributed by atoms with van der Waals surface area (Å²) >= 11 is 0. The number of β-amino-alcohol motifs (C(OH)–C–C–N with tert-alkyl or cyclic N) is 1. The van der Waals surface area contributed by atoms with Crippen molar-refractivity contribution in [3.05, 3.63) is 35.4 Å². The van der Waals surface area contributed by atoms with Crippen LogP contribution in [0, 0.1) is 6.92 Å². The van der Waals surface area contributed by atoms with Gasteiger partial charge in [-0.15, -0.1) is 0 Å². The maximum absolute atomic E-state index is 10.3. The molecule has 1 N–H and O–H groups in total. The van der Waals surface area contributed by atoms with Gasteiger partial charge in [-0.1, -0.05) is 36.8 Å². The third-order valence-electron chi connectivity index (χ3n) is 3.54. The fourth-order valence-electron chi connectivity index (χ4n) is 2.42. The molecule has 100 valence electrons. The maximum atomic E-state index is 10.3. The predicted molar refractivity (Wildman–Crippen MR) is 72.6 cm³/mol. The maximum Gasteiger partial charge on any atom is 0.0917 e. The molecule has 2 rings (SSSR count). The van der Waals surface area contributed by atoms with Crippen molar-refractivity contribution in [3.8, 4) is 0 Å². The van der Waals surface area contributed by atoms with Crippen LogP contribution < -0.4 is 0 Å². The fraction of sp³-hybridized carbons (Fsp3) is 0.600. The summed E-state index contributed by atoms with van der Waals surface area (Å²) in [4.78, 5) is 2.30. The number of rotatable bonds is 4. The third-order valence-corrected chi connectivity index (χ3v) is 3.54. The molecule has 2 atom stereocenters. The monoisotopic (exact) mass is 249 g/mol. The molecule has 0 aliphatic carbocycles. The Hall–Kier alpha value is -0.900. The van der Waals surface area contributed by atoms with E-state index < -0.39 is 6.10 Å². The van der Waals surface area contributed by atoms with E-state index in [1.54, 1.807) is 0 Å². The van der Waals surface area contributed by atoms with Crippen LogP contribution in [0.5, 0.6) is 0 Å². The molecule has 0 radical (unpaired) electrons. The highest BCUT2D eigenvalue weighted by Crippen LogP contribution is 2.17. The molecule has 0 bridgehead atoms. The van der Waals surface area contributed by atoms with Crippen molar-refractivity contribution in [2.45, 2.75) is 32.5 Å². The Labute approximate surface area is 109 Å². The van der Waals surface area contributed by atoms with Crippen molar-refractivity contribution in [3.63, 3.8) is 0 Å². The lowest BCUT2D eigenvalue weighted by molar-refractivity contribution is -0.0418. The summed E-state index contributed by atoms with van der Waals surface area (Å²) in [7, 11) is 0. The van der Waals surface area contributed by atoms with Crippen LogP contribution in [0.3, 0.4) is 0 Å². The highest BCUT2D eigenvalue weighted by Gasteiger charge is 2.21. The molecule has 1 saturated heterocycles. The Morgan fingerprint density at radius 3 is 3.06 bits per heavy atom. The van der Waals surface area contributed by atoms with Crippen LogP contribution in [0.15, 0.2) is 24.3 Å². The van der Waals surface area contributed by atoms with E-state index in [-0.39, 0.29) is 0 Å². The summed E-state index contributed by atoms with van der Waals surface area (Å²) in [5, 5.41) is 10.3. The lowest BCUT2D eigenvalue weighted by atomic mass is 10.1. The van der Waals surface area contributed by atoms with E-state index in [1.165, 1.54) is 5.56 Å². The van der Waals surface area contributed by atoms with Gasteiger partial charge in [0.2, 0.25) is 0 Å². The fourth-order valence-corrected chi connectivity index (χ4v) is 2.42. The van der Waals surface area contributed by atoms with Gasteiger partial charge >= 0.3 is 0 Å². The Morgan fingerprint density at radius 1 is 1.50 bits per heavy atom. The molecule has 18 heavy (non-hydrogen) atoms. The minimum absolute atomic E-state index is 0.323.